The Labute approximate surface area is 492 Å². The maximum Gasteiger partial charge on any atom is 0.268 e. The zero-order chi connectivity index (χ0) is 57.7. The highest BCUT2D eigenvalue weighted by Gasteiger charge is 2.23. The summed E-state index contributed by atoms with van der Waals surface area (Å²) in [5.74, 6) is -0.202. The van der Waals surface area contributed by atoms with Crippen LogP contribution in [0.25, 0.3) is 0 Å². The monoisotopic (exact) mass is 1130 g/mol. The van der Waals surface area contributed by atoms with Gasteiger partial charge in [0.25, 0.3) is 7.82 Å². The first-order chi connectivity index (χ1) is 38.5. The molecule has 0 aliphatic carbocycles. The molecular formula is C70H133N2O6P. The van der Waals surface area contributed by atoms with Crippen molar-refractivity contribution in [2.24, 2.45) is 0 Å². The van der Waals surface area contributed by atoms with Crippen molar-refractivity contribution in [3.8, 4) is 0 Å². The van der Waals surface area contributed by atoms with Crippen LogP contribution in [0.15, 0.2) is 60.8 Å². The minimum Gasteiger partial charge on any atom is -0.756 e. The number of rotatable bonds is 63. The van der Waals surface area contributed by atoms with E-state index in [1.54, 1.807) is 6.08 Å². The van der Waals surface area contributed by atoms with Crippen LogP contribution in [0.5, 0.6) is 0 Å². The summed E-state index contributed by atoms with van der Waals surface area (Å²) in [5.41, 5.74) is 0. The molecule has 0 fully saturated rings. The van der Waals surface area contributed by atoms with Crippen LogP contribution >= 0.6 is 7.82 Å². The fraction of sp³-hybridized carbons (Fsp3) is 0.843. The molecule has 0 aromatic carbocycles. The summed E-state index contributed by atoms with van der Waals surface area (Å²) in [6.07, 6.45) is 83.4. The van der Waals surface area contributed by atoms with Gasteiger partial charge >= 0.3 is 0 Å². The average molecular weight is 1130 g/mol. The predicted octanol–water partition coefficient (Wildman–Crippen LogP) is 21.0. The number of aliphatic hydroxyl groups excluding tert-OH is 1. The molecule has 0 heterocycles. The van der Waals surface area contributed by atoms with Crippen molar-refractivity contribution in [3.63, 3.8) is 0 Å². The van der Waals surface area contributed by atoms with Gasteiger partial charge < -0.3 is 28.8 Å². The lowest BCUT2D eigenvalue weighted by Gasteiger charge is -2.29. The third-order valence-electron chi connectivity index (χ3n) is 15.4. The van der Waals surface area contributed by atoms with E-state index in [0.717, 1.165) is 51.4 Å². The molecule has 9 heteroatoms. The number of hydrogen-bond donors (Lipinski definition) is 2. The van der Waals surface area contributed by atoms with Gasteiger partial charge in [-0.3, -0.25) is 9.36 Å². The van der Waals surface area contributed by atoms with Crippen molar-refractivity contribution in [1.29, 1.82) is 0 Å². The molecule has 0 aliphatic rings. The van der Waals surface area contributed by atoms with Crippen LogP contribution in [0.4, 0.5) is 0 Å². The summed E-state index contributed by atoms with van der Waals surface area (Å²) < 4.78 is 23.4. The first-order valence-electron chi connectivity index (χ1n) is 34.2. The topological polar surface area (TPSA) is 108 Å². The SMILES string of the molecule is CCCCCCC/C=C\C/C=C\C/C=C\CCCCCCCCCCCCCCCCCCCCCCC(=O)NC(COP(=O)([O-])OCC[N+](C)(C)C)C(O)/C=C/CC/C=C/CCCCCCCCCCCCCCCCCC. The molecule has 79 heavy (non-hydrogen) atoms. The summed E-state index contributed by atoms with van der Waals surface area (Å²) in [6, 6.07) is -0.905. The lowest BCUT2D eigenvalue weighted by atomic mass is 10.0. The highest BCUT2D eigenvalue weighted by Crippen LogP contribution is 2.38. The molecule has 0 radical (unpaired) electrons. The number of phosphoric acid groups is 1. The molecule has 2 N–H and O–H groups in total. The molecule has 8 nitrogen and oxygen atoms in total. The van der Waals surface area contributed by atoms with E-state index in [2.05, 4.69) is 67.8 Å². The van der Waals surface area contributed by atoms with Gasteiger partial charge in [-0.05, 0) is 70.6 Å². The number of aliphatic hydroxyl groups is 1. The largest absolute Gasteiger partial charge is 0.756 e. The number of carbonyl (C=O) groups excluding carboxylic acids is 1. The van der Waals surface area contributed by atoms with Gasteiger partial charge in [0.15, 0.2) is 0 Å². The Morgan fingerprint density at radius 1 is 0.443 bits per heavy atom. The Morgan fingerprint density at radius 2 is 0.747 bits per heavy atom. The van der Waals surface area contributed by atoms with Gasteiger partial charge in [0, 0.05) is 6.42 Å². The van der Waals surface area contributed by atoms with E-state index in [0.29, 0.717) is 17.4 Å². The number of quaternary nitrogens is 1. The third-order valence-corrected chi connectivity index (χ3v) is 16.4. The Kier molecular flexibility index (Phi) is 59.4. The van der Waals surface area contributed by atoms with E-state index in [-0.39, 0.29) is 12.5 Å². The van der Waals surface area contributed by atoms with Crippen LogP contribution in [0.2, 0.25) is 0 Å². The summed E-state index contributed by atoms with van der Waals surface area (Å²) in [6.45, 7) is 4.66. The zero-order valence-corrected chi connectivity index (χ0v) is 54.0. The van der Waals surface area contributed by atoms with E-state index >= 15 is 0 Å². The van der Waals surface area contributed by atoms with Gasteiger partial charge in [-0.1, -0.05) is 312 Å². The van der Waals surface area contributed by atoms with Gasteiger partial charge in [0.1, 0.15) is 13.2 Å². The molecule has 3 atom stereocenters. The molecule has 3 unspecified atom stereocenters. The molecule has 464 valence electrons. The quantitative estimate of drug-likeness (QED) is 0.0272. The van der Waals surface area contributed by atoms with E-state index in [1.807, 2.05) is 27.2 Å². The van der Waals surface area contributed by atoms with Crippen LogP contribution < -0.4 is 10.2 Å². The minimum absolute atomic E-state index is 0.00603. The Hall–Kier alpha value is -1.80. The van der Waals surface area contributed by atoms with Crippen LogP contribution in [-0.4, -0.2) is 68.5 Å². The number of phosphoric ester groups is 1. The average Bonchev–Trinajstić information content (AvgIpc) is 3.42. The third kappa shape index (κ3) is 63.6. The molecule has 0 bridgehead atoms. The molecule has 0 aromatic heterocycles. The fourth-order valence-corrected chi connectivity index (χ4v) is 10.8. The van der Waals surface area contributed by atoms with Gasteiger partial charge in [-0.2, -0.15) is 0 Å². The van der Waals surface area contributed by atoms with Gasteiger partial charge in [0.05, 0.1) is 39.9 Å². The highest BCUT2D eigenvalue weighted by molar-refractivity contribution is 7.45. The number of likely N-dealkylation sites (N-methyl/N-ethyl adjacent to an activating group) is 1. The molecule has 1 amide bonds. The molecule has 0 aliphatic heterocycles. The van der Waals surface area contributed by atoms with Crippen LogP contribution in [0, 0.1) is 0 Å². The van der Waals surface area contributed by atoms with Crippen LogP contribution in [-0.2, 0) is 18.4 Å². The first kappa shape index (κ1) is 77.2. The van der Waals surface area contributed by atoms with E-state index in [1.165, 1.54) is 257 Å². The second-order valence-electron chi connectivity index (χ2n) is 24.5. The molecule has 0 saturated carbocycles. The summed E-state index contributed by atoms with van der Waals surface area (Å²) in [7, 11) is 1.25. The number of amides is 1. The number of carbonyl (C=O) groups is 1. The molecule has 0 spiro atoms. The Balaban J connectivity index is 4.05. The Morgan fingerprint density at radius 3 is 1.11 bits per heavy atom. The number of allylic oxidation sites excluding steroid dienone is 9. The second kappa shape index (κ2) is 60.8. The van der Waals surface area contributed by atoms with E-state index < -0.39 is 26.6 Å². The number of nitrogens with one attached hydrogen (secondary N) is 1. The van der Waals surface area contributed by atoms with Crippen molar-refractivity contribution < 1.29 is 32.9 Å². The van der Waals surface area contributed by atoms with Crippen molar-refractivity contribution >= 4 is 13.7 Å². The number of unbranched alkanes of at least 4 members (excludes halogenated alkanes) is 42. The van der Waals surface area contributed by atoms with Crippen molar-refractivity contribution in [1.82, 2.24) is 5.32 Å². The maximum atomic E-state index is 13.0. The van der Waals surface area contributed by atoms with E-state index in [9.17, 15) is 19.4 Å². The van der Waals surface area contributed by atoms with Gasteiger partial charge in [-0.15, -0.1) is 0 Å². The van der Waals surface area contributed by atoms with E-state index in [4.69, 9.17) is 9.05 Å². The summed E-state index contributed by atoms with van der Waals surface area (Å²) >= 11 is 0. The molecule has 0 rings (SSSR count). The van der Waals surface area contributed by atoms with Crippen molar-refractivity contribution in [2.75, 3.05) is 40.9 Å². The van der Waals surface area contributed by atoms with Gasteiger partial charge in [-0.25, -0.2) is 0 Å². The van der Waals surface area contributed by atoms with Crippen LogP contribution in [0.3, 0.4) is 0 Å². The number of nitrogens with zero attached hydrogens (tertiary/aromatic N) is 1. The van der Waals surface area contributed by atoms with Crippen molar-refractivity contribution in [2.45, 2.75) is 341 Å². The molecule has 0 saturated heterocycles. The number of hydrogen-bond acceptors (Lipinski definition) is 6. The van der Waals surface area contributed by atoms with Gasteiger partial charge in [0.2, 0.25) is 5.91 Å². The van der Waals surface area contributed by atoms with Crippen LogP contribution in [0.1, 0.15) is 328 Å². The normalized spacial score (nSPS) is 14.1. The second-order valence-corrected chi connectivity index (χ2v) is 25.9. The molecular weight excluding hydrogens is 996 g/mol. The van der Waals surface area contributed by atoms with Crippen molar-refractivity contribution in [3.05, 3.63) is 60.8 Å². The maximum absolute atomic E-state index is 13.0. The minimum atomic E-state index is -4.61. The Bertz CT molecular complexity index is 1470. The smallest absolute Gasteiger partial charge is 0.268 e. The summed E-state index contributed by atoms with van der Waals surface area (Å²) in [4.78, 5) is 25.6. The zero-order valence-electron chi connectivity index (χ0n) is 53.1. The highest BCUT2D eigenvalue weighted by atomic mass is 31.2. The first-order valence-corrected chi connectivity index (χ1v) is 35.6. The lowest BCUT2D eigenvalue weighted by Crippen LogP contribution is -2.45. The molecule has 0 aromatic rings. The predicted molar refractivity (Wildman–Crippen MR) is 344 cm³/mol. The fourth-order valence-electron chi connectivity index (χ4n) is 10.1. The lowest BCUT2D eigenvalue weighted by molar-refractivity contribution is -0.870. The standard InChI is InChI=1S/C70H133N2O6P/c1-6-8-10-12-14-16-18-20-22-24-26-28-30-31-32-33-34-35-36-37-38-39-40-41-42-44-46-48-50-52-54-56-58-60-62-64-70(74)71-68(67-78-79(75,76)77-66-65-72(3,4)5)69(73)63-61-59-57-55-53-51-49-47-45-43-29-27-25-23-21-19-17-15-13-11-9-7-2/h18,20,24,26,30-31,53,55,61,63,68-69,73H,6-17,19,21-23,25,27-29,32-52,54,56-60,62,64-67H2,1-5H3,(H-,71,74,75,76)/b20-18-,26-24-,31-30-,55-53+,63-61+. The summed E-state index contributed by atoms with van der Waals surface area (Å²) in [5, 5.41) is 13.9.